The van der Waals surface area contributed by atoms with Crippen molar-refractivity contribution in [1.82, 2.24) is 0 Å². The third-order valence-corrected chi connectivity index (χ3v) is 2.36. The summed E-state index contributed by atoms with van der Waals surface area (Å²) in [4.78, 5) is 11.4. The van der Waals surface area contributed by atoms with Gasteiger partial charge in [-0.15, -0.1) is 0 Å². The Bertz CT molecular complexity index is 407. The predicted molar refractivity (Wildman–Crippen MR) is 65.9 cm³/mol. The van der Waals surface area contributed by atoms with Gasteiger partial charge in [0.15, 0.2) is 0 Å². The maximum atomic E-state index is 11.4. The van der Waals surface area contributed by atoms with Crippen molar-refractivity contribution in [3.05, 3.63) is 23.8 Å². The van der Waals surface area contributed by atoms with E-state index in [2.05, 4.69) is 10.1 Å². The molecule has 0 aromatic heterocycles. The van der Waals surface area contributed by atoms with Gasteiger partial charge in [0.1, 0.15) is 5.75 Å². The second kappa shape index (κ2) is 6.83. The van der Waals surface area contributed by atoms with Crippen LogP contribution in [0.3, 0.4) is 0 Å². The predicted octanol–water partition coefficient (Wildman–Crippen LogP) is 0.247. The highest BCUT2D eigenvalue weighted by atomic mass is 16.5. The van der Waals surface area contributed by atoms with Gasteiger partial charge in [-0.25, -0.2) is 4.79 Å². The van der Waals surface area contributed by atoms with Crippen molar-refractivity contribution in [2.45, 2.75) is 6.10 Å². The zero-order valence-electron chi connectivity index (χ0n) is 10.3. The lowest BCUT2D eigenvalue weighted by Gasteiger charge is -2.14. The number of ether oxygens (including phenoxy) is 2. The van der Waals surface area contributed by atoms with Crippen molar-refractivity contribution in [3.63, 3.8) is 0 Å². The summed E-state index contributed by atoms with van der Waals surface area (Å²) in [5.74, 6) is 0.0798. The minimum Gasteiger partial charge on any atom is -0.495 e. The van der Waals surface area contributed by atoms with Crippen LogP contribution in [-0.2, 0) is 4.74 Å². The Morgan fingerprint density at radius 1 is 1.44 bits per heavy atom. The Balaban J connectivity index is 2.88. The number of carbonyl (C=O) groups is 1. The fourth-order valence-electron chi connectivity index (χ4n) is 1.38. The van der Waals surface area contributed by atoms with E-state index >= 15 is 0 Å². The maximum Gasteiger partial charge on any atom is 0.337 e. The number of nitrogens with one attached hydrogen (secondary N) is 1. The van der Waals surface area contributed by atoms with Crippen molar-refractivity contribution in [1.29, 1.82) is 0 Å². The molecule has 1 unspecified atom stereocenters. The first kappa shape index (κ1) is 14.3. The number of hydrogen-bond acceptors (Lipinski definition) is 6. The zero-order chi connectivity index (χ0) is 13.5. The number of carbonyl (C=O) groups excluding carboxylic acids is 1. The standard InChI is InChI=1S/C12H17NO5/c1-17-11-4-3-8(12(16)18-2)5-10(11)13-6-9(15)7-14/h3-5,9,13-15H,6-7H2,1-2H3. The molecule has 0 aliphatic rings. The van der Waals surface area contributed by atoms with Crippen LogP contribution in [-0.4, -0.2) is 49.7 Å². The summed E-state index contributed by atoms with van der Waals surface area (Å²) in [7, 11) is 2.80. The molecule has 18 heavy (non-hydrogen) atoms. The molecule has 1 aromatic carbocycles. The monoisotopic (exact) mass is 255 g/mol. The van der Waals surface area contributed by atoms with Gasteiger partial charge in [-0.05, 0) is 18.2 Å². The first-order valence-electron chi connectivity index (χ1n) is 5.41. The van der Waals surface area contributed by atoms with E-state index in [-0.39, 0.29) is 13.2 Å². The van der Waals surface area contributed by atoms with Crippen LogP contribution in [0, 0.1) is 0 Å². The molecular weight excluding hydrogens is 238 g/mol. The normalized spacial score (nSPS) is 11.8. The van der Waals surface area contributed by atoms with Crippen molar-refractivity contribution >= 4 is 11.7 Å². The fourth-order valence-corrected chi connectivity index (χ4v) is 1.38. The smallest absolute Gasteiger partial charge is 0.337 e. The molecule has 0 aliphatic heterocycles. The summed E-state index contributed by atoms with van der Waals surface area (Å²) in [6.07, 6.45) is -0.878. The SMILES string of the molecule is COC(=O)c1ccc(OC)c(NCC(O)CO)c1. The Morgan fingerprint density at radius 3 is 2.72 bits per heavy atom. The van der Waals surface area contributed by atoms with Gasteiger partial charge in [0.25, 0.3) is 0 Å². The van der Waals surface area contributed by atoms with Gasteiger partial charge in [-0.3, -0.25) is 0 Å². The average Bonchev–Trinajstić information content (AvgIpc) is 2.43. The molecule has 0 saturated carbocycles. The summed E-state index contributed by atoms with van der Waals surface area (Å²) in [6, 6.07) is 4.77. The molecule has 0 bridgehead atoms. The van der Waals surface area contributed by atoms with Gasteiger partial charge in [-0.2, -0.15) is 0 Å². The second-order valence-electron chi connectivity index (χ2n) is 3.62. The number of hydrogen-bond donors (Lipinski definition) is 3. The highest BCUT2D eigenvalue weighted by Crippen LogP contribution is 2.25. The molecule has 0 heterocycles. The van der Waals surface area contributed by atoms with Gasteiger partial charge in [-0.1, -0.05) is 0 Å². The summed E-state index contributed by atoms with van der Waals surface area (Å²) >= 11 is 0. The van der Waals surface area contributed by atoms with Gasteiger partial charge in [0.05, 0.1) is 38.2 Å². The number of benzene rings is 1. The number of esters is 1. The van der Waals surface area contributed by atoms with Gasteiger partial charge in [0.2, 0.25) is 0 Å². The van der Waals surface area contributed by atoms with Crippen LogP contribution < -0.4 is 10.1 Å². The molecule has 100 valence electrons. The summed E-state index contributed by atoms with van der Waals surface area (Å²) < 4.78 is 9.74. The lowest BCUT2D eigenvalue weighted by Crippen LogP contribution is -2.23. The number of aliphatic hydroxyl groups excluding tert-OH is 2. The maximum absolute atomic E-state index is 11.4. The van der Waals surface area contributed by atoms with E-state index in [1.165, 1.54) is 14.2 Å². The van der Waals surface area contributed by atoms with E-state index in [0.717, 1.165) is 0 Å². The van der Waals surface area contributed by atoms with Crippen molar-refractivity contribution < 1.29 is 24.5 Å². The Kier molecular flexibility index (Phi) is 5.41. The van der Waals surface area contributed by atoms with Gasteiger partial charge in [0, 0.05) is 6.54 Å². The topological polar surface area (TPSA) is 88.0 Å². The van der Waals surface area contributed by atoms with Crippen LogP contribution in [0.4, 0.5) is 5.69 Å². The van der Waals surface area contributed by atoms with Crippen molar-refractivity contribution in [2.24, 2.45) is 0 Å². The van der Waals surface area contributed by atoms with Crippen LogP contribution >= 0.6 is 0 Å². The molecule has 6 nitrogen and oxygen atoms in total. The molecule has 0 aliphatic carbocycles. The third-order valence-electron chi connectivity index (χ3n) is 2.36. The third kappa shape index (κ3) is 3.61. The van der Waals surface area contributed by atoms with Crippen LogP contribution in [0.1, 0.15) is 10.4 Å². The molecule has 0 fully saturated rings. The molecule has 0 spiro atoms. The highest BCUT2D eigenvalue weighted by molar-refractivity contribution is 5.91. The van der Waals surface area contributed by atoms with E-state index in [0.29, 0.717) is 17.0 Å². The van der Waals surface area contributed by atoms with E-state index in [9.17, 15) is 9.90 Å². The zero-order valence-corrected chi connectivity index (χ0v) is 10.3. The van der Waals surface area contributed by atoms with E-state index in [4.69, 9.17) is 9.84 Å². The Hall–Kier alpha value is -1.79. The molecule has 1 rings (SSSR count). The lowest BCUT2D eigenvalue weighted by atomic mass is 10.2. The van der Waals surface area contributed by atoms with E-state index in [1.54, 1.807) is 18.2 Å². The highest BCUT2D eigenvalue weighted by Gasteiger charge is 2.11. The quantitative estimate of drug-likeness (QED) is 0.631. The molecule has 1 aromatic rings. The molecule has 0 saturated heterocycles. The number of anilines is 1. The molecule has 0 radical (unpaired) electrons. The number of methoxy groups -OCH3 is 2. The summed E-state index contributed by atoms with van der Waals surface area (Å²) in [5.41, 5.74) is 0.923. The first-order valence-corrected chi connectivity index (χ1v) is 5.41. The molecule has 1 atom stereocenters. The number of rotatable bonds is 6. The van der Waals surface area contributed by atoms with E-state index in [1.807, 2.05) is 0 Å². The van der Waals surface area contributed by atoms with E-state index < -0.39 is 12.1 Å². The van der Waals surface area contributed by atoms with Crippen LogP contribution in [0.25, 0.3) is 0 Å². The molecule has 0 amide bonds. The largest absolute Gasteiger partial charge is 0.495 e. The second-order valence-corrected chi connectivity index (χ2v) is 3.62. The minimum atomic E-state index is -0.878. The molecule has 3 N–H and O–H groups in total. The Labute approximate surface area is 105 Å². The van der Waals surface area contributed by atoms with Crippen LogP contribution in [0.2, 0.25) is 0 Å². The van der Waals surface area contributed by atoms with Gasteiger partial charge >= 0.3 is 5.97 Å². The number of aliphatic hydroxyl groups is 2. The fraction of sp³-hybridized carbons (Fsp3) is 0.417. The molecular formula is C12H17NO5. The average molecular weight is 255 g/mol. The summed E-state index contributed by atoms with van der Waals surface area (Å²) in [5, 5.41) is 20.9. The lowest BCUT2D eigenvalue weighted by molar-refractivity contribution is 0.0601. The van der Waals surface area contributed by atoms with Crippen LogP contribution in [0.5, 0.6) is 5.75 Å². The Morgan fingerprint density at radius 2 is 2.17 bits per heavy atom. The van der Waals surface area contributed by atoms with Crippen molar-refractivity contribution in [2.75, 3.05) is 32.7 Å². The first-order chi connectivity index (χ1) is 8.62. The molecule has 6 heteroatoms. The summed E-state index contributed by atoms with van der Waals surface area (Å²) in [6.45, 7) is -0.191. The van der Waals surface area contributed by atoms with Gasteiger partial charge < -0.3 is 25.0 Å². The minimum absolute atomic E-state index is 0.150. The van der Waals surface area contributed by atoms with Crippen LogP contribution in [0.15, 0.2) is 18.2 Å². The van der Waals surface area contributed by atoms with Crippen molar-refractivity contribution in [3.8, 4) is 5.75 Å².